The number of amidine groups is 1. The van der Waals surface area contributed by atoms with Crippen LogP contribution in [0.4, 0.5) is 0 Å². The molecule has 0 aliphatic carbocycles. The molecule has 1 saturated heterocycles. The molecule has 1 rings (SSSR count). The van der Waals surface area contributed by atoms with Gasteiger partial charge >= 0.3 is 0 Å². The van der Waals surface area contributed by atoms with E-state index in [2.05, 4.69) is 32.7 Å². The number of nitrogens with zero attached hydrogens (tertiary/aromatic N) is 2. The van der Waals surface area contributed by atoms with E-state index in [1.807, 2.05) is 13.0 Å². The maximum atomic E-state index is 4.48. The highest BCUT2D eigenvalue weighted by atomic mass is 79.9. The van der Waals surface area contributed by atoms with Crippen LogP contribution in [0.15, 0.2) is 15.7 Å². The molecule has 0 amide bonds. The lowest BCUT2D eigenvalue weighted by Gasteiger charge is -2.21. The van der Waals surface area contributed by atoms with Crippen LogP contribution in [0.2, 0.25) is 0 Å². The summed E-state index contributed by atoms with van der Waals surface area (Å²) in [6.45, 7) is 6.41. The van der Waals surface area contributed by atoms with E-state index in [1.165, 1.54) is 38.8 Å². The number of halogens is 1. The molecule has 0 aromatic carbocycles. The number of likely N-dealkylation sites (tertiary alicyclic amines) is 1. The fraction of sp³-hybridized carbons (Fsp3) is 0.727. The van der Waals surface area contributed by atoms with Crippen molar-refractivity contribution in [2.45, 2.75) is 39.5 Å². The minimum Gasteiger partial charge on any atom is -0.360 e. The Morgan fingerprint density at radius 3 is 2.29 bits per heavy atom. The number of hydrogen-bond acceptors (Lipinski definition) is 1. The molecule has 0 aromatic rings. The van der Waals surface area contributed by atoms with Crippen LogP contribution in [0, 0.1) is 0 Å². The van der Waals surface area contributed by atoms with Gasteiger partial charge < -0.3 is 4.90 Å². The average Bonchev–Trinajstić information content (AvgIpc) is 2.45. The van der Waals surface area contributed by atoms with Crippen LogP contribution in [0.3, 0.4) is 0 Å². The Kier molecular flexibility index (Phi) is 5.23. The van der Waals surface area contributed by atoms with E-state index in [0.29, 0.717) is 0 Å². The third-order valence-electron chi connectivity index (χ3n) is 2.57. The van der Waals surface area contributed by atoms with Gasteiger partial charge in [-0.2, -0.15) is 0 Å². The van der Waals surface area contributed by atoms with Crippen LogP contribution < -0.4 is 0 Å². The van der Waals surface area contributed by atoms with Gasteiger partial charge in [-0.15, -0.1) is 0 Å². The molecule has 1 fully saturated rings. The lowest BCUT2D eigenvalue weighted by Crippen LogP contribution is -2.29. The van der Waals surface area contributed by atoms with Crippen molar-refractivity contribution < 1.29 is 0 Å². The van der Waals surface area contributed by atoms with E-state index in [-0.39, 0.29) is 0 Å². The summed E-state index contributed by atoms with van der Waals surface area (Å²) in [5.74, 6) is 1.14. The summed E-state index contributed by atoms with van der Waals surface area (Å²) in [6.07, 6.45) is 7.32. The van der Waals surface area contributed by atoms with Crippen LogP contribution in [0.25, 0.3) is 0 Å². The van der Waals surface area contributed by atoms with E-state index in [1.54, 1.807) is 0 Å². The van der Waals surface area contributed by atoms with Gasteiger partial charge in [0, 0.05) is 13.1 Å². The highest BCUT2D eigenvalue weighted by Crippen LogP contribution is 2.12. The van der Waals surface area contributed by atoms with Crippen molar-refractivity contribution in [3.05, 3.63) is 10.7 Å². The first kappa shape index (κ1) is 11.8. The summed E-state index contributed by atoms with van der Waals surface area (Å²) in [6, 6.07) is 0. The van der Waals surface area contributed by atoms with Gasteiger partial charge in [0.15, 0.2) is 0 Å². The molecule has 1 heterocycles. The molecule has 3 heteroatoms. The second-order valence-electron chi connectivity index (χ2n) is 3.67. The Bertz CT molecular complexity index is 225. The Labute approximate surface area is 95.2 Å². The van der Waals surface area contributed by atoms with Gasteiger partial charge in [-0.05, 0) is 42.6 Å². The lowest BCUT2D eigenvalue weighted by atomic mass is 10.2. The second-order valence-corrected chi connectivity index (χ2v) is 4.48. The molecule has 0 N–H and O–H groups in total. The zero-order valence-electron chi connectivity index (χ0n) is 9.09. The van der Waals surface area contributed by atoms with E-state index < -0.39 is 0 Å². The van der Waals surface area contributed by atoms with Crippen LogP contribution in [-0.2, 0) is 0 Å². The Balaban J connectivity index is 2.57. The molecule has 0 unspecified atom stereocenters. The van der Waals surface area contributed by atoms with Crippen molar-refractivity contribution >= 4 is 21.8 Å². The average molecular weight is 259 g/mol. The van der Waals surface area contributed by atoms with Gasteiger partial charge in [0.2, 0.25) is 0 Å². The van der Waals surface area contributed by atoms with Gasteiger partial charge in [0.05, 0.1) is 0 Å². The van der Waals surface area contributed by atoms with Crippen LogP contribution in [0.1, 0.15) is 39.5 Å². The van der Waals surface area contributed by atoms with Crippen molar-refractivity contribution in [1.29, 1.82) is 0 Å². The fourth-order valence-corrected chi connectivity index (χ4v) is 1.94. The van der Waals surface area contributed by atoms with Gasteiger partial charge in [0.25, 0.3) is 0 Å². The summed E-state index contributed by atoms with van der Waals surface area (Å²) >= 11 is 3.41. The number of hydrogen-bond donors (Lipinski definition) is 0. The van der Waals surface area contributed by atoms with Crippen LogP contribution in [0.5, 0.6) is 0 Å². The molecule has 1 aliphatic heterocycles. The SMILES string of the molecule is C/C=C(Br)\N=C(/C)N1CCCCCC1. The highest BCUT2D eigenvalue weighted by molar-refractivity contribution is 9.11. The molecule has 0 radical (unpaired) electrons. The highest BCUT2D eigenvalue weighted by Gasteiger charge is 2.09. The quantitative estimate of drug-likeness (QED) is 0.399. The molecule has 0 atom stereocenters. The molecule has 1 aliphatic rings. The summed E-state index contributed by atoms with van der Waals surface area (Å²) in [4.78, 5) is 6.87. The predicted octanol–water partition coefficient (Wildman–Crippen LogP) is 3.54. The molecule has 0 spiro atoms. The number of rotatable bonds is 1. The minimum absolute atomic E-state index is 0.930. The predicted molar refractivity (Wildman–Crippen MR) is 65.8 cm³/mol. The second kappa shape index (κ2) is 6.23. The number of aliphatic imine (C=N–C) groups is 1. The monoisotopic (exact) mass is 258 g/mol. The molecular weight excluding hydrogens is 240 g/mol. The van der Waals surface area contributed by atoms with E-state index in [0.717, 1.165) is 10.4 Å². The molecule has 14 heavy (non-hydrogen) atoms. The normalized spacial score (nSPS) is 20.9. The van der Waals surface area contributed by atoms with E-state index in [4.69, 9.17) is 0 Å². The summed E-state index contributed by atoms with van der Waals surface area (Å²) in [5, 5.41) is 0. The Morgan fingerprint density at radius 2 is 1.79 bits per heavy atom. The van der Waals surface area contributed by atoms with Gasteiger partial charge in [-0.3, -0.25) is 0 Å². The molecule has 0 aromatic heterocycles. The van der Waals surface area contributed by atoms with Crippen molar-refractivity contribution in [2.24, 2.45) is 4.99 Å². The van der Waals surface area contributed by atoms with E-state index in [9.17, 15) is 0 Å². The third kappa shape index (κ3) is 3.82. The zero-order valence-corrected chi connectivity index (χ0v) is 10.7. The van der Waals surface area contributed by atoms with Crippen molar-refractivity contribution in [1.82, 2.24) is 4.90 Å². The van der Waals surface area contributed by atoms with Crippen LogP contribution in [-0.4, -0.2) is 23.8 Å². The lowest BCUT2D eigenvalue weighted by molar-refractivity contribution is 0.432. The minimum atomic E-state index is 0.930. The van der Waals surface area contributed by atoms with Crippen LogP contribution >= 0.6 is 15.9 Å². The molecule has 0 bridgehead atoms. The maximum absolute atomic E-state index is 4.48. The molecule has 80 valence electrons. The van der Waals surface area contributed by atoms with Gasteiger partial charge in [-0.1, -0.05) is 18.9 Å². The maximum Gasteiger partial charge on any atom is 0.103 e. The Hall–Kier alpha value is -0.310. The van der Waals surface area contributed by atoms with Crippen molar-refractivity contribution in [3.8, 4) is 0 Å². The first-order valence-electron chi connectivity index (χ1n) is 5.36. The number of allylic oxidation sites excluding steroid dienone is 1. The zero-order chi connectivity index (χ0) is 10.4. The largest absolute Gasteiger partial charge is 0.360 e. The standard InChI is InChI=1S/C11H19BrN2/c1-3-11(12)13-10(2)14-8-6-4-5-7-9-14/h3H,4-9H2,1-2H3/b11-3-,13-10+. The molecule has 0 saturated carbocycles. The first-order valence-corrected chi connectivity index (χ1v) is 6.15. The van der Waals surface area contributed by atoms with Gasteiger partial charge in [0.1, 0.15) is 10.4 Å². The fourth-order valence-electron chi connectivity index (χ4n) is 1.68. The van der Waals surface area contributed by atoms with Crippen molar-refractivity contribution in [2.75, 3.05) is 13.1 Å². The van der Waals surface area contributed by atoms with E-state index >= 15 is 0 Å². The summed E-state index contributed by atoms with van der Waals surface area (Å²) < 4.78 is 0.930. The summed E-state index contributed by atoms with van der Waals surface area (Å²) in [5.41, 5.74) is 0. The first-order chi connectivity index (χ1) is 6.74. The summed E-state index contributed by atoms with van der Waals surface area (Å²) in [7, 11) is 0. The van der Waals surface area contributed by atoms with Gasteiger partial charge in [-0.25, -0.2) is 4.99 Å². The van der Waals surface area contributed by atoms with Crippen molar-refractivity contribution in [3.63, 3.8) is 0 Å². The topological polar surface area (TPSA) is 15.6 Å². The third-order valence-corrected chi connectivity index (χ3v) is 3.21. The molecular formula is C11H19BrN2. The molecule has 2 nitrogen and oxygen atoms in total. The smallest absolute Gasteiger partial charge is 0.103 e. The Morgan fingerprint density at radius 1 is 1.21 bits per heavy atom.